The molecule has 1 fully saturated rings. The van der Waals surface area contributed by atoms with E-state index in [9.17, 15) is 4.79 Å². The fraction of sp³-hybridized carbons (Fsp3) is 0.700. The van der Waals surface area contributed by atoms with Gasteiger partial charge in [-0.25, -0.2) is 4.79 Å². The van der Waals surface area contributed by atoms with Gasteiger partial charge in [0.2, 0.25) is 5.79 Å². The van der Waals surface area contributed by atoms with E-state index in [-0.39, 0.29) is 0 Å². The third-order valence-corrected chi connectivity index (χ3v) is 2.44. The number of methoxy groups -OCH3 is 1. The SMILES string of the molecule is C=CC(=O)OC1(OC)CCCCC1. The van der Waals surface area contributed by atoms with E-state index >= 15 is 0 Å². The topological polar surface area (TPSA) is 35.5 Å². The van der Waals surface area contributed by atoms with Crippen LogP contribution in [0.3, 0.4) is 0 Å². The van der Waals surface area contributed by atoms with Crippen LogP contribution in [-0.2, 0) is 14.3 Å². The number of carbonyl (C=O) groups is 1. The Morgan fingerprint density at radius 1 is 1.38 bits per heavy atom. The molecule has 0 aliphatic heterocycles. The molecule has 0 amide bonds. The molecule has 1 saturated carbocycles. The maximum absolute atomic E-state index is 11.0. The minimum Gasteiger partial charge on any atom is -0.430 e. The van der Waals surface area contributed by atoms with Crippen molar-refractivity contribution in [1.82, 2.24) is 0 Å². The molecule has 0 unspecified atom stereocenters. The van der Waals surface area contributed by atoms with E-state index in [1.807, 2.05) is 0 Å². The Balaban J connectivity index is 2.56. The number of hydrogen-bond donors (Lipinski definition) is 0. The first-order valence-electron chi connectivity index (χ1n) is 4.63. The van der Waals surface area contributed by atoms with Crippen LogP contribution in [0.25, 0.3) is 0 Å². The second kappa shape index (κ2) is 4.42. The average molecular weight is 184 g/mol. The van der Waals surface area contributed by atoms with Crippen molar-refractivity contribution in [3.05, 3.63) is 12.7 Å². The normalized spacial score (nSPS) is 20.7. The van der Waals surface area contributed by atoms with Crippen LogP contribution < -0.4 is 0 Å². The van der Waals surface area contributed by atoms with Crippen molar-refractivity contribution in [2.45, 2.75) is 37.9 Å². The Kier molecular flexibility index (Phi) is 3.48. The number of rotatable bonds is 3. The predicted molar refractivity (Wildman–Crippen MR) is 49.1 cm³/mol. The van der Waals surface area contributed by atoms with E-state index in [1.54, 1.807) is 7.11 Å². The number of carbonyl (C=O) groups excluding carboxylic acids is 1. The highest BCUT2D eigenvalue weighted by Crippen LogP contribution is 2.32. The number of esters is 1. The zero-order valence-corrected chi connectivity index (χ0v) is 8.04. The fourth-order valence-corrected chi connectivity index (χ4v) is 1.66. The summed E-state index contributed by atoms with van der Waals surface area (Å²) in [7, 11) is 1.59. The van der Waals surface area contributed by atoms with Crippen molar-refractivity contribution in [2.75, 3.05) is 7.11 Å². The molecule has 1 aliphatic carbocycles. The largest absolute Gasteiger partial charge is 0.430 e. The van der Waals surface area contributed by atoms with Crippen molar-refractivity contribution < 1.29 is 14.3 Å². The maximum atomic E-state index is 11.0. The van der Waals surface area contributed by atoms with Gasteiger partial charge in [0.25, 0.3) is 0 Å². The van der Waals surface area contributed by atoms with Gasteiger partial charge in [0, 0.05) is 26.0 Å². The molecule has 0 aromatic rings. The molecule has 0 aromatic heterocycles. The van der Waals surface area contributed by atoms with Crippen LogP contribution in [0.1, 0.15) is 32.1 Å². The van der Waals surface area contributed by atoms with E-state index in [2.05, 4.69) is 6.58 Å². The molecule has 13 heavy (non-hydrogen) atoms. The Bertz CT molecular complexity index is 192. The lowest BCUT2D eigenvalue weighted by atomic mass is 9.94. The van der Waals surface area contributed by atoms with Crippen molar-refractivity contribution in [3.8, 4) is 0 Å². The summed E-state index contributed by atoms with van der Waals surface area (Å²) in [6.07, 6.45) is 6.06. The minimum absolute atomic E-state index is 0.399. The van der Waals surface area contributed by atoms with Gasteiger partial charge < -0.3 is 9.47 Å². The molecule has 3 heteroatoms. The van der Waals surface area contributed by atoms with Crippen molar-refractivity contribution in [1.29, 1.82) is 0 Å². The molecule has 74 valence electrons. The van der Waals surface area contributed by atoms with Crippen molar-refractivity contribution >= 4 is 5.97 Å². The monoisotopic (exact) mass is 184 g/mol. The van der Waals surface area contributed by atoms with Crippen LogP contribution in [0.2, 0.25) is 0 Å². The third kappa shape index (κ3) is 2.56. The second-order valence-corrected chi connectivity index (χ2v) is 3.30. The highest BCUT2D eigenvalue weighted by atomic mass is 16.7. The van der Waals surface area contributed by atoms with Crippen LogP contribution >= 0.6 is 0 Å². The maximum Gasteiger partial charge on any atom is 0.332 e. The summed E-state index contributed by atoms with van der Waals surface area (Å²) >= 11 is 0. The van der Waals surface area contributed by atoms with Crippen molar-refractivity contribution in [2.24, 2.45) is 0 Å². The summed E-state index contributed by atoms with van der Waals surface area (Å²) in [4.78, 5) is 11.0. The Labute approximate surface area is 78.7 Å². The van der Waals surface area contributed by atoms with Crippen molar-refractivity contribution in [3.63, 3.8) is 0 Å². The molecule has 0 atom stereocenters. The van der Waals surface area contributed by atoms with E-state index < -0.39 is 11.8 Å². The summed E-state index contributed by atoms with van der Waals surface area (Å²) in [6, 6.07) is 0. The van der Waals surface area contributed by atoms with Gasteiger partial charge in [-0.15, -0.1) is 0 Å². The van der Waals surface area contributed by atoms with Gasteiger partial charge in [-0.2, -0.15) is 0 Å². The Morgan fingerprint density at radius 3 is 2.46 bits per heavy atom. The lowest BCUT2D eigenvalue weighted by molar-refractivity contribution is -0.229. The standard InChI is InChI=1S/C10H16O3/c1-3-9(11)13-10(12-2)7-5-4-6-8-10/h3H,1,4-8H2,2H3. The Hall–Kier alpha value is -0.830. The van der Waals surface area contributed by atoms with Crippen LogP contribution in [-0.4, -0.2) is 18.9 Å². The van der Waals surface area contributed by atoms with Gasteiger partial charge in [-0.05, 0) is 12.8 Å². The fourth-order valence-electron chi connectivity index (χ4n) is 1.66. The lowest BCUT2D eigenvalue weighted by Gasteiger charge is -2.34. The summed E-state index contributed by atoms with van der Waals surface area (Å²) in [5.41, 5.74) is 0. The van der Waals surface area contributed by atoms with E-state index in [1.165, 1.54) is 12.5 Å². The first-order chi connectivity index (χ1) is 6.22. The van der Waals surface area contributed by atoms with Gasteiger partial charge >= 0.3 is 5.97 Å². The predicted octanol–water partition coefficient (Wildman–Crippen LogP) is 2.02. The zero-order chi connectivity index (χ0) is 9.73. The van der Waals surface area contributed by atoms with Gasteiger partial charge in [-0.3, -0.25) is 0 Å². The molecule has 0 bridgehead atoms. The Morgan fingerprint density at radius 2 is 2.00 bits per heavy atom. The van der Waals surface area contributed by atoms with Gasteiger partial charge in [0.15, 0.2) is 0 Å². The highest BCUT2D eigenvalue weighted by Gasteiger charge is 2.35. The van der Waals surface area contributed by atoms with Crippen LogP contribution in [0.5, 0.6) is 0 Å². The molecule has 0 radical (unpaired) electrons. The first-order valence-corrected chi connectivity index (χ1v) is 4.63. The summed E-state index contributed by atoms with van der Waals surface area (Å²) in [5, 5.41) is 0. The molecule has 1 rings (SSSR count). The summed E-state index contributed by atoms with van der Waals surface area (Å²) < 4.78 is 10.5. The summed E-state index contributed by atoms with van der Waals surface area (Å²) in [6.45, 7) is 3.36. The van der Waals surface area contributed by atoms with Gasteiger partial charge in [0.1, 0.15) is 0 Å². The smallest absolute Gasteiger partial charge is 0.332 e. The average Bonchev–Trinajstić information content (AvgIpc) is 2.19. The number of hydrogen-bond acceptors (Lipinski definition) is 3. The van der Waals surface area contributed by atoms with E-state index in [0.717, 1.165) is 25.7 Å². The molecule has 0 N–H and O–H groups in total. The first kappa shape index (κ1) is 10.3. The highest BCUT2D eigenvalue weighted by molar-refractivity contribution is 5.81. The molecule has 1 aliphatic rings. The zero-order valence-electron chi connectivity index (χ0n) is 8.04. The minimum atomic E-state index is -0.677. The van der Waals surface area contributed by atoms with Crippen LogP contribution in [0.15, 0.2) is 12.7 Å². The molecular weight excluding hydrogens is 168 g/mol. The summed E-state index contributed by atoms with van der Waals surface area (Å²) in [5.74, 6) is -1.08. The molecule has 0 aromatic carbocycles. The quantitative estimate of drug-likeness (QED) is 0.382. The molecular formula is C10H16O3. The van der Waals surface area contributed by atoms with E-state index in [4.69, 9.17) is 9.47 Å². The molecule has 3 nitrogen and oxygen atoms in total. The third-order valence-electron chi connectivity index (χ3n) is 2.44. The molecule has 0 saturated heterocycles. The van der Waals surface area contributed by atoms with E-state index in [0.29, 0.717) is 0 Å². The second-order valence-electron chi connectivity index (χ2n) is 3.30. The molecule has 0 spiro atoms. The van der Waals surface area contributed by atoms with Gasteiger partial charge in [0.05, 0.1) is 0 Å². The van der Waals surface area contributed by atoms with Crippen LogP contribution in [0, 0.1) is 0 Å². The lowest BCUT2D eigenvalue weighted by Crippen LogP contribution is -2.38. The number of ether oxygens (including phenoxy) is 2. The molecule has 0 heterocycles. The van der Waals surface area contributed by atoms with Crippen LogP contribution in [0.4, 0.5) is 0 Å². The van der Waals surface area contributed by atoms with Gasteiger partial charge in [-0.1, -0.05) is 13.0 Å².